The molecule has 1 aromatic rings. The van der Waals surface area contributed by atoms with E-state index in [9.17, 15) is 9.59 Å². The van der Waals surface area contributed by atoms with Gasteiger partial charge < -0.3 is 20.5 Å². The number of amides is 2. The fourth-order valence-electron chi connectivity index (χ4n) is 1.93. The number of carbonyl (C=O) groups is 2. The van der Waals surface area contributed by atoms with Crippen LogP contribution in [0.5, 0.6) is 5.75 Å². The van der Waals surface area contributed by atoms with Crippen molar-refractivity contribution in [3.8, 4) is 5.75 Å². The molecule has 0 spiro atoms. The molecular weight excluding hydrogens is 260 g/mol. The second-order valence-corrected chi connectivity index (χ2v) is 4.59. The van der Waals surface area contributed by atoms with Gasteiger partial charge in [0.05, 0.1) is 5.69 Å². The van der Waals surface area contributed by atoms with E-state index in [1.807, 2.05) is 0 Å². The molecule has 0 radical (unpaired) electrons. The molecule has 0 bridgehead atoms. The van der Waals surface area contributed by atoms with E-state index in [4.69, 9.17) is 9.84 Å². The summed E-state index contributed by atoms with van der Waals surface area (Å²) in [5.41, 5.74) is 1.09. The van der Waals surface area contributed by atoms with Crippen LogP contribution in [0.2, 0.25) is 0 Å². The van der Waals surface area contributed by atoms with Crippen LogP contribution in [0.25, 0.3) is 0 Å². The van der Waals surface area contributed by atoms with Gasteiger partial charge in [-0.15, -0.1) is 0 Å². The van der Waals surface area contributed by atoms with Crippen LogP contribution in [0.3, 0.4) is 0 Å². The van der Waals surface area contributed by atoms with E-state index in [1.165, 1.54) is 0 Å². The van der Waals surface area contributed by atoms with Crippen LogP contribution < -0.4 is 15.4 Å². The van der Waals surface area contributed by atoms with E-state index in [2.05, 4.69) is 10.6 Å². The van der Waals surface area contributed by atoms with Crippen LogP contribution in [-0.4, -0.2) is 36.7 Å². The second kappa shape index (κ2) is 6.91. The van der Waals surface area contributed by atoms with Crippen molar-refractivity contribution in [3.05, 3.63) is 23.8 Å². The third kappa shape index (κ3) is 3.71. The Morgan fingerprint density at radius 3 is 3.00 bits per heavy atom. The molecule has 0 fully saturated rings. The number of aliphatic hydroxyl groups excluding tert-OH is 1. The number of anilines is 1. The molecule has 6 heteroatoms. The molecule has 3 N–H and O–H groups in total. The second-order valence-electron chi connectivity index (χ2n) is 4.59. The van der Waals surface area contributed by atoms with Crippen LogP contribution in [-0.2, 0) is 4.79 Å². The summed E-state index contributed by atoms with van der Waals surface area (Å²) in [6.45, 7) is 0.731. The van der Waals surface area contributed by atoms with Gasteiger partial charge in [0.25, 0.3) is 11.8 Å². The lowest BCUT2D eigenvalue weighted by atomic mass is 10.1. The van der Waals surface area contributed by atoms with E-state index in [-0.39, 0.29) is 25.0 Å². The molecule has 0 saturated carbocycles. The number of benzene rings is 1. The number of hydrogen-bond donors (Lipinski definition) is 3. The summed E-state index contributed by atoms with van der Waals surface area (Å²) in [6, 6.07) is 4.93. The number of fused-ring (bicyclic) bond motifs is 1. The Morgan fingerprint density at radius 2 is 2.20 bits per heavy atom. The van der Waals surface area contributed by atoms with E-state index >= 15 is 0 Å². The summed E-state index contributed by atoms with van der Waals surface area (Å²) in [5.74, 6) is 0.147. The monoisotopic (exact) mass is 278 g/mol. The Kier molecular flexibility index (Phi) is 4.95. The number of carbonyl (C=O) groups excluding carboxylic acids is 2. The van der Waals surface area contributed by atoms with Crippen molar-refractivity contribution in [1.29, 1.82) is 0 Å². The standard InChI is InChI=1S/C14H18N2O4/c17-7-3-1-2-6-15-14(19)10-4-5-11-12(8-10)20-9-13(18)16-11/h4-5,8,17H,1-3,6-7,9H2,(H,15,19)(H,16,18). The molecule has 2 rings (SSSR count). The number of unbranched alkanes of at least 4 members (excludes halogenated alkanes) is 2. The molecule has 1 aromatic carbocycles. The highest BCUT2D eigenvalue weighted by Gasteiger charge is 2.17. The van der Waals surface area contributed by atoms with Crippen molar-refractivity contribution in [3.63, 3.8) is 0 Å². The molecule has 108 valence electrons. The van der Waals surface area contributed by atoms with Gasteiger partial charge in [-0.05, 0) is 37.5 Å². The zero-order valence-corrected chi connectivity index (χ0v) is 11.1. The van der Waals surface area contributed by atoms with Crippen LogP contribution in [0, 0.1) is 0 Å². The molecule has 0 saturated heterocycles. The van der Waals surface area contributed by atoms with E-state index in [1.54, 1.807) is 18.2 Å². The maximum absolute atomic E-state index is 11.9. The van der Waals surface area contributed by atoms with Gasteiger partial charge in [0.2, 0.25) is 0 Å². The summed E-state index contributed by atoms with van der Waals surface area (Å²) in [5, 5.41) is 14.1. The average molecular weight is 278 g/mol. The topological polar surface area (TPSA) is 87.7 Å². The molecule has 0 atom stereocenters. The number of nitrogens with one attached hydrogen (secondary N) is 2. The van der Waals surface area contributed by atoms with Crippen LogP contribution in [0.1, 0.15) is 29.6 Å². The van der Waals surface area contributed by atoms with Gasteiger partial charge in [-0.3, -0.25) is 9.59 Å². The summed E-state index contributed by atoms with van der Waals surface area (Å²) in [7, 11) is 0. The summed E-state index contributed by atoms with van der Waals surface area (Å²) < 4.78 is 5.26. The third-order valence-electron chi connectivity index (χ3n) is 3.00. The summed E-state index contributed by atoms with van der Waals surface area (Å²) >= 11 is 0. The Balaban J connectivity index is 1.89. The van der Waals surface area contributed by atoms with Crippen molar-refractivity contribution in [2.24, 2.45) is 0 Å². The summed E-state index contributed by atoms with van der Waals surface area (Å²) in [6.07, 6.45) is 2.47. The fourth-order valence-corrected chi connectivity index (χ4v) is 1.93. The highest BCUT2D eigenvalue weighted by atomic mass is 16.5. The first kappa shape index (κ1) is 14.3. The van der Waals surface area contributed by atoms with Gasteiger partial charge >= 0.3 is 0 Å². The molecule has 0 unspecified atom stereocenters. The van der Waals surface area contributed by atoms with Crippen LogP contribution >= 0.6 is 0 Å². The van der Waals surface area contributed by atoms with Crippen molar-refractivity contribution >= 4 is 17.5 Å². The number of rotatable bonds is 6. The molecule has 0 aliphatic carbocycles. The normalized spacial score (nSPS) is 13.2. The predicted octanol–water partition coefficient (Wildman–Crippen LogP) is 0.910. The van der Waals surface area contributed by atoms with Crippen LogP contribution in [0.15, 0.2) is 18.2 Å². The molecule has 1 heterocycles. The zero-order valence-electron chi connectivity index (χ0n) is 11.1. The highest BCUT2D eigenvalue weighted by molar-refractivity contribution is 5.98. The Labute approximate surface area is 117 Å². The third-order valence-corrected chi connectivity index (χ3v) is 3.00. The van der Waals surface area contributed by atoms with Crippen molar-refractivity contribution in [1.82, 2.24) is 5.32 Å². The maximum atomic E-state index is 11.9. The van der Waals surface area contributed by atoms with E-state index in [0.717, 1.165) is 19.3 Å². The minimum Gasteiger partial charge on any atom is -0.482 e. The molecule has 1 aliphatic rings. The molecule has 1 aliphatic heterocycles. The molecular formula is C14H18N2O4. The molecule has 6 nitrogen and oxygen atoms in total. The van der Waals surface area contributed by atoms with Gasteiger partial charge in [-0.25, -0.2) is 0 Å². The van der Waals surface area contributed by atoms with Crippen molar-refractivity contribution < 1.29 is 19.4 Å². The summed E-state index contributed by atoms with van der Waals surface area (Å²) in [4.78, 5) is 23.1. The van der Waals surface area contributed by atoms with Gasteiger partial charge in [0.1, 0.15) is 5.75 Å². The highest BCUT2D eigenvalue weighted by Crippen LogP contribution is 2.28. The smallest absolute Gasteiger partial charge is 0.262 e. The van der Waals surface area contributed by atoms with Gasteiger partial charge in [0.15, 0.2) is 6.61 Å². The maximum Gasteiger partial charge on any atom is 0.262 e. The first-order valence-corrected chi connectivity index (χ1v) is 6.66. The Bertz CT molecular complexity index is 502. The fraction of sp³-hybridized carbons (Fsp3) is 0.429. The number of hydrogen-bond acceptors (Lipinski definition) is 4. The number of ether oxygens (including phenoxy) is 1. The van der Waals surface area contributed by atoms with Gasteiger partial charge in [0, 0.05) is 18.7 Å². The quantitative estimate of drug-likeness (QED) is 0.675. The lowest BCUT2D eigenvalue weighted by molar-refractivity contribution is -0.118. The average Bonchev–Trinajstić information content (AvgIpc) is 2.46. The zero-order chi connectivity index (χ0) is 14.4. The first-order valence-electron chi connectivity index (χ1n) is 6.66. The van der Waals surface area contributed by atoms with Crippen LogP contribution in [0.4, 0.5) is 5.69 Å². The number of aliphatic hydroxyl groups is 1. The van der Waals surface area contributed by atoms with E-state index < -0.39 is 0 Å². The lowest BCUT2D eigenvalue weighted by Crippen LogP contribution is -2.27. The Hall–Kier alpha value is -2.08. The minimum absolute atomic E-state index is 0.0285. The van der Waals surface area contributed by atoms with Crippen molar-refractivity contribution in [2.45, 2.75) is 19.3 Å². The van der Waals surface area contributed by atoms with E-state index in [0.29, 0.717) is 23.5 Å². The van der Waals surface area contributed by atoms with Gasteiger partial charge in [-0.1, -0.05) is 0 Å². The molecule has 2 amide bonds. The predicted molar refractivity (Wildman–Crippen MR) is 73.8 cm³/mol. The molecule has 20 heavy (non-hydrogen) atoms. The van der Waals surface area contributed by atoms with Gasteiger partial charge in [-0.2, -0.15) is 0 Å². The SMILES string of the molecule is O=C1COc2cc(C(=O)NCCCCCO)ccc2N1. The first-order chi connectivity index (χ1) is 9.70. The Morgan fingerprint density at radius 1 is 1.35 bits per heavy atom. The van der Waals surface area contributed by atoms with Crippen molar-refractivity contribution in [2.75, 3.05) is 25.1 Å². The largest absolute Gasteiger partial charge is 0.482 e. The minimum atomic E-state index is -0.196. The molecule has 0 aromatic heterocycles. The lowest BCUT2D eigenvalue weighted by Gasteiger charge is -2.18.